The van der Waals surface area contributed by atoms with E-state index in [0.29, 0.717) is 0 Å². The minimum Gasteiger partial charge on any atom is -0.367 e. The first-order chi connectivity index (χ1) is 8.93. The van der Waals surface area contributed by atoms with E-state index in [2.05, 4.69) is 20.3 Å². The van der Waals surface area contributed by atoms with Gasteiger partial charge in [-0.2, -0.15) is 0 Å². The Kier molecular flexibility index (Phi) is 2.87. The van der Waals surface area contributed by atoms with E-state index in [1.807, 2.05) is 41.3 Å². The first-order valence-corrected chi connectivity index (χ1v) is 5.84. The van der Waals surface area contributed by atoms with Crippen LogP contribution in [0.15, 0.2) is 49.3 Å². The SMILES string of the molecule is c1cc(CCNc2nccn3ccnc23)ccn1. The van der Waals surface area contributed by atoms with Crippen LogP contribution in [0.25, 0.3) is 5.65 Å². The zero-order chi connectivity index (χ0) is 12.2. The zero-order valence-corrected chi connectivity index (χ0v) is 9.82. The normalized spacial score (nSPS) is 10.7. The summed E-state index contributed by atoms with van der Waals surface area (Å²) in [5.41, 5.74) is 2.11. The predicted molar refractivity (Wildman–Crippen MR) is 69.4 cm³/mol. The highest BCUT2D eigenvalue weighted by Crippen LogP contribution is 2.10. The first-order valence-electron chi connectivity index (χ1n) is 5.84. The van der Waals surface area contributed by atoms with Gasteiger partial charge in [-0.15, -0.1) is 0 Å². The molecule has 3 aromatic heterocycles. The van der Waals surface area contributed by atoms with Crippen LogP contribution in [-0.4, -0.2) is 25.9 Å². The van der Waals surface area contributed by atoms with E-state index in [1.54, 1.807) is 12.4 Å². The molecule has 3 aromatic rings. The second kappa shape index (κ2) is 4.83. The third kappa shape index (κ3) is 2.15. The van der Waals surface area contributed by atoms with Crippen LogP contribution in [0.2, 0.25) is 0 Å². The summed E-state index contributed by atoms with van der Waals surface area (Å²) in [5, 5.41) is 3.31. The summed E-state index contributed by atoms with van der Waals surface area (Å²) >= 11 is 0. The molecule has 1 N–H and O–H groups in total. The quantitative estimate of drug-likeness (QED) is 0.754. The van der Waals surface area contributed by atoms with Gasteiger partial charge in [0.2, 0.25) is 0 Å². The van der Waals surface area contributed by atoms with Gasteiger partial charge in [-0.25, -0.2) is 9.97 Å². The van der Waals surface area contributed by atoms with Crippen molar-refractivity contribution >= 4 is 11.5 Å². The van der Waals surface area contributed by atoms with Crippen molar-refractivity contribution in [3.05, 3.63) is 54.9 Å². The number of nitrogens with one attached hydrogen (secondary N) is 1. The van der Waals surface area contributed by atoms with E-state index in [9.17, 15) is 0 Å². The molecule has 0 radical (unpaired) electrons. The van der Waals surface area contributed by atoms with E-state index in [1.165, 1.54) is 5.56 Å². The average Bonchev–Trinajstić information content (AvgIpc) is 2.89. The van der Waals surface area contributed by atoms with Gasteiger partial charge in [-0.05, 0) is 24.1 Å². The molecule has 0 amide bonds. The van der Waals surface area contributed by atoms with Crippen LogP contribution >= 0.6 is 0 Å². The lowest BCUT2D eigenvalue weighted by Gasteiger charge is -2.06. The van der Waals surface area contributed by atoms with E-state index >= 15 is 0 Å². The fourth-order valence-electron chi connectivity index (χ4n) is 1.85. The molecule has 0 aliphatic heterocycles. The third-order valence-electron chi connectivity index (χ3n) is 2.77. The Balaban J connectivity index is 1.68. The lowest BCUT2D eigenvalue weighted by Crippen LogP contribution is -2.07. The number of rotatable bonds is 4. The number of aromatic nitrogens is 4. The van der Waals surface area contributed by atoms with Crippen molar-refractivity contribution in [3.8, 4) is 0 Å². The van der Waals surface area contributed by atoms with Crippen LogP contribution in [0.1, 0.15) is 5.56 Å². The smallest absolute Gasteiger partial charge is 0.180 e. The van der Waals surface area contributed by atoms with Gasteiger partial charge < -0.3 is 9.72 Å². The molecule has 0 saturated heterocycles. The maximum absolute atomic E-state index is 4.30. The fourth-order valence-corrected chi connectivity index (χ4v) is 1.85. The molecule has 0 spiro atoms. The van der Waals surface area contributed by atoms with Gasteiger partial charge in [0.1, 0.15) is 0 Å². The minimum atomic E-state index is 0.816. The molecule has 5 nitrogen and oxygen atoms in total. The molecule has 3 rings (SSSR count). The summed E-state index contributed by atoms with van der Waals surface area (Å²) in [7, 11) is 0. The lowest BCUT2D eigenvalue weighted by atomic mass is 10.2. The van der Waals surface area contributed by atoms with Gasteiger partial charge in [0, 0.05) is 43.7 Å². The van der Waals surface area contributed by atoms with Crippen molar-refractivity contribution < 1.29 is 0 Å². The lowest BCUT2D eigenvalue weighted by molar-refractivity contribution is 0.993. The molecule has 0 aliphatic rings. The fraction of sp³-hybridized carbons (Fsp3) is 0.154. The Morgan fingerprint density at radius 1 is 1.00 bits per heavy atom. The van der Waals surface area contributed by atoms with Crippen LogP contribution in [0.4, 0.5) is 5.82 Å². The Morgan fingerprint density at radius 3 is 2.61 bits per heavy atom. The molecular weight excluding hydrogens is 226 g/mol. The Bertz CT molecular complexity index is 632. The standard InChI is InChI=1S/C13H13N5/c1-4-14-5-2-11(1)3-6-15-12-13-17-8-10-18(13)9-7-16-12/h1-2,4-5,7-10H,3,6H2,(H,15,16). The number of anilines is 1. The second-order valence-corrected chi connectivity index (χ2v) is 3.97. The number of fused-ring (bicyclic) bond motifs is 1. The van der Waals surface area contributed by atoms with Crippen molar-refractivity contribution in [3.63, 3.8) is 0 Å². The van der Waals surface area contributed by atoms with Gasteiger partial charge >= 0.3 is 0 Å². The van der Waals surface area contributed by atoms with Gasteiger partial charge in [0.05, 0.1) is 0 Å². The largest absolute Gasteiger partial charge is 0.367 e. The molecule has 0 bridgehead atoms. The topological polar surface area (TPSA) is 55.1 Å². The summed E-state index contributed by atoms with van der Waals surface area (Å²) < 4.78 is 1.95. The summed E-state index contributed by atoms with van der Waals surface area (Å²) in [6.45, 7) is 0.823. The predicted octanol–water partition coefficient (Wildman–Crippen LogP) is 1.78. The maximum Gasteiger partial charge on any atom is 0.180 e. The molecule has 0 aromatic carbocycles. The summed E-state index contributed by atoms with van der Waals surface area (Å²) in [6.07, 6.45) is 11.9. The first kappa shape index (κ1) is 10.7. The summed E-state index contributed by atoms with van der Waals surface area (Å²) in [6, 6.07) is 4.04. The zero-order valence-electron chi connectivity index (χ0n) is 9.82. The van der Waals surface area contributed by atoms with Gasteiger partial charge in [-0.1, -0.05) is 0 Å². The molecule has 0 saturated carbocycles. The van der Waals surface area contributed by atoms with Crippen molar-refractivity contribution in [1.82, 2.24) is 19.4 Å². The van der Waals surface area contributed by atoms with Gasteiger partial charge in [-0.3, -0.25) is 4.98 Å². The van der Waals surface area contributed by atoms with Crippen LogP contribution in [0.5, 0.6) is 0 Å². The van der Waals surface area contributed by atoms with Crippen molar-refractivity contribution in [2.24, 2.45) is 0 Å². The molecule has 3 heterocycles. The number of hydrogen-bond acceptors (Lipinski definition) is 4. The van der Waals surface area contributed by atoms with Crippen molar-refractivity contribution in [1.29, 1.82) is 0 Å². The monoisotopic (exact) mass is 239 g/mol. The molecule has 0 aliphatic carbocycles. The Labute approximate surface area is 105 Å². The Morgan fingerprint density at radius 2 is 1.78 bits per heavy atom. The molecule has 5 heteroatoms. The minimum absolute atomic E-state index is 0.816. The highest BCUT2D eigenvalue weighted by molar-refractivity contribution is 5.62. The molecular formula is C13H13N5. The number of imidazole rings is 1. The molecule has 18 heavy (non-hydrogen) atoms. The third-order valence-corrected chi connectivity index (χ3v) is 2.77. The summed E-state index contributed by atoms with van der Waals surface area (Å²) in [5.74, 6) is 0.816. The van der Waals surface area contributed by atoms with Crippen LogP contribution in [0, 0.1) is 0 Å². The Hall–Kier alpha value is -2.43. The van der Waals surface area contributed by atoms with E-state index in [4.69, 9.17) is 0 Å². The number of hydrogen-bond donors (Lipinski definition) is 1. The van der Waals surface area contributed by atoms with Gasteiger partial charge in [0.25, 0.3) is 0 Å². The van der Waals surface area contributed by atoms with Crippen LogP contribution < -0.4 is 5.32 Å². The molecule has 90 valence electrons. The second-order valence-electron chi connectivity index (χ2n) is 3.97. The highest BCUT2D eigenvalue weighted by Gasteiger charge is 2.02. The van der Waals surface area contributed by atoms with Crippen LogP contribution in [-0.2, 0) is 6.42 Å². The average molecular weight is 239 g/mol. The molecule has 0 unspecified atom stereocenters. The molecule has 0 fully saturated rings. The van der Waals surface area contributed by atoms with Gasteiger partial charge in [0.15, 0.2) is 11.5 Å². The molecule has 0 atom stereocenters. The van der Waals surface area contributed by atoms with Crippen molar-refractivity contribution in [2.75, 3.05) is 11.9 Å². The van der Waals surface area contributed by atoms with Crippen molar-refractivity contribution in [2.45, 2.75) is 6.42 Å². The number of pyridine rings is 1. The van der Waals surface area contributed by atoms with E-state index in [0.717, 1.165) is 24.4 Å². The summed E-state index contributed by atoms with van der Waals surface area (Å²) in [4.78, 5) is 12.6. The van der Waals surface area contributed by atoms with Crippen LogP contribution in [0.3, 0.4) is 0 Å². The number of nitrogens with zero attached hydrogens (tertiary/aromatic N) is 4. The maximum atomic E-state index is 4.30. The highest BCUT2D eigenvalue weighted by atomic mass is 15.1. The van der Waals surface area contributed by atoms with E-state index < -0.39 is 0 Å². The van der Waals surface area contributed by atoms with E-state index in [-0.39, 0.29) is 0 Å².